The van der Waals surface area contributed by atoms with Gasteiger partial charge in [-0.25, -0.2) is 0 Å². The first-order chi connectivity index (χ1) is 6.81. The quantitative estimate of drug-likeness (QED) is 0.423. The molecule has 0 heterocycles. The first kappa shape index (κ1) is 18.5. The van der Waals surface area contributed by atoms with E-state index in [1.807, 2.05) is 0 Å². The minimum absolute atomic E-state index is 0. The Morgan fingerprint density at radius 3 is 1.40 bits per heavy atom. The van der Waals surface area contributed by atoms with Crippen LogP contribution < -0.4 is 12.4 Å². The fraction of sp³-hybridized carbons (Fsp3) is 1.00. The van der Waals surface area contributed by atoms with Crippen LogP contribution in [-0.2, 0) is 0 Å². The van der Waals surface area contributed by atoms with E-state index in [9.17, 15) is 0 Å². The molecule has 0 amide bonds. The van der Waals surface area contributed by atoms with Crippen molar-refractivity contribution in [3.63, 3.8) is 0 Å². The topological polar surface area (TPSA) is 0 Å². The van der Waals surface area contributed by atoms with E-state index in [1.165, 1.54) is 38.5 Å². The molecule has 92 valence electrons. The van der Waals surface area contributed by atoms with E-state index in [1.54, 1.807) is 21.7 Å². The summed E-state index contributed by atoms with van der Waals surface area (Å²) < 4.78 is 3.32. The van der Waals surface area contributed by atoms with Crippen LogP contribution in [0.3, 0.4) is 0 Å². The van der Waals surface area contributed by atoms with E-state index in [4.69, 9.17) is 0 Å². The Hall–Kier alpha value is 1.09. The maximum atomic E-state index is 2.63. The molecule has 0 spiro atoms. The molecule has 0 aromatic carbocycles. The Labute approximate surface area is 111 Å². The van der Waals surface area contributed by atoms with Gasteiger partial charge in [0.05, 0.1) is 0 Å². The normalized spacial score (nSPS) is 9.80. The largest absolute Gasteiger partial charge is 1.00 e. The molecule has 0 aromatic rings. The summed E-state index contributed by atoms with van der Waals surface area (Å²) in [5, 5.41) is 0. The molecular formula is C13H29ClSn. The van der Waals surface area contributed by atoms with Crippen LogP contribution in [0.4, 0.5) is 0 Å². The molecule has 0 nitrogen and oxygen atoms in total. The van der Waals surface area contributed by atoms with Crippen LogP contribution in [-0.4, -0.2) is 19.8 Å². The van der Waals surface area contributed by atoms with Crippen molar-refractivity contribution in [2.24, 2.45) is 0 Å². The van der Waals surface area contributed by atoms with Gasteiger partial charge in [-0.1, -0.05) is 0 Å². The van der Waals surface area contributed by atoms with Crippen LogP contribution in [0.2, 0.25) is 13.8 Å². The average Bonchev–Trinajstić information content (AvgIpc) is 2.19. The summed E-state index contributed by atoms with van der Waals surface area (Å²) in [7, 11) is 0. The third-order valence-corrected chi connectivity index (χ3v) is 9.80. The van der Waals surface area contributed by atoms with E-state index in [0.29, 0.717) is 0 Å². The van der Waals surface area contributed by atoms with Crippen molar-refractivity contribution in [1.82, 2.24) is 0 Å². The molecule has 0 aromatic heterocycles. The summed E-state index contributed by atoms with van der Waals surface area (Å²) in [6, 6.07) is 0. The van der Waals surface area contributed by atoms with Gasteiger partial charge in [0.2, 0.25) is 0 Å². The second-order valence-corrected chi connectivity index (χ2v) is 12.9. The number of hydrogen-bond donors (Lipinski definition) is 0. The van der Waals surface area contributed by atoms with Gasteiger partial charge in [-0.05, 0) is 0 Å². The Balaban J connectivity index is 0. The molecule has 0 bridgehead atoms. The molecule has 0 atom stereocenters. The molecule has 0 aliphatic heterocycles. The van der Waals surface area contributed by atoms with Crippen LogP contribution in [0.1, 0.15) is 65.2 Å². The van der Waals surface area contributed by atoms with Crippen LogP contribution in [0.25, 0.3) is 0 Å². The van der Waals surface area contributed by atoms with Gasteiger partial charge >= 0.3 is 98.8 Å². The summed E-state index contributed by atoms with van der Waals surface area (Å²) in [5.41, 5.74) is 0. The Bertz CT molecular complexity index is 94.7. The molecule has 0 aliphatic carbocycles. The van der Waals surface area contributed by atoms with Crippen LogP contribution >= 0.6 is 0 Å². The monoisotopic (exact) mass is 340 g/mol. The predicted molar refractivity (Wildman–Crippen MR) is 69.5 cm³/mol. The Kier molecular flexibility index (Phi) is 18.6. The zero-order valence-corrected chi connectivity index (χ0v) is 14.6. The van der Waals surface area contributed by atoms with Gasteiger partial charge in [0.15, 0.2) is 0 Å². The maximum Gasteiger partial charge on any atom is -1.00 e. The molecule has 0 rings (SSSR count). The molecule has 2 heteroatoms. The summed E-state index contributed by atoms with van der Waals surface area (Å²) in [6.45, 7) is 4.60. The number of hydrogen-bond acceptors (Lipinski definition) is 0. The fourth-order valence-corrected chi connectivity index (χ4v) is 7.42. The van der Waals surface area contributed by atoms with Crippen molar-refractivity contribution in [3.05, 3.63) is 0 Å². The summed E-state index contributed by atoms with van der Waals surface area (Å²) >= 11 is -0.813. The number of rotatable bonds is 10. The summed E-state index contributed by atoms with van der Waals surface area (Å²) in [6.07, 6.45) is 11.8. The van der Waals surface area contributed by atoms with Crippen molar-refractivity contribution in [1.29, 1.82) is 0 Å². The SMILES string of the molecule is CCCCC[CH2][Sn+]([CH3])[CH2]CCCCC.[Cl-]. The summed E-state index contributed by atoms with van der Waals surface area (Å²) in [5.74, 6) is 0. The van der Waals surface area contributed by atoms with Gasteiger partial charge in [0.1, 0.15) is 0 Å². The molecule has 0 radical (unpaired) electrons. The second kappa shape index (κ2) is 15.1. The van der Waals surface area contributed by atoms with Crippen molar-refractivity contribution < 1.29 is 12.4 Å². The van der Waals surface area contributed by atoms with E-state index in [-0.39, 0.29) is 12.4 Å². The third-order valence-electron chi connectivity index (χ3n) is 2.91. The van der Waals surface area contributed by atoms with Gasteiger partial charge in [0.25, 0.3) is 0 Å². The first-order valence-electron chi connectivity index (χ1n) is 6.62. The van der Waals surface area contributed by atoms with E-state index in [2.05, 4.69) is 18.8 Å². The van der Waals surface area contributed by atoms with Gasteiger partial charge in [-0.3, -0.25) is 0 Å². The standard InChI is InChI=1S/2C6H13.CH3.ClH.Sn/c2*1-3-5-6-4-2;;;/h2*1,3-6H2,2H3;1H3;1H;/q;;;;+1/p-1. The van der Waals surface area contributed by atoms with Crippen LogP contribution in [0.15, 0.2) is 0 Å². The molecule has 0 aliphatic rings. The zero-order chi connectivity index (χ0) is 10.6. The van der Waals surface area contributed by atoms with Gasteiger partial charge < -0.3 is 12.4 Å². The minimum Gasteiger partial charge on any atom is -1.00 e. The van der Waals surface area contributed by atoms with Crippen LogP contribution in [0.5, 0.6) is 0 Å². The fourth-order valence-electron chi connectivity index (χ4n) is 1.83. The Morgan fingerprint density at radius 1 is 0.667 bits per heavy atom. The zero-order valence-electron chi connectivity index (χ0n) is 10.9. The molecule has 0 fully saturated rings. The average molecular weight is 340 g/mol. The molecule has 15 heavy (non-hydrogen) atoms. The third kappa shape index (κ3) is 15.1. The summed E-state index contributed by atoms with van der Waals surface area (Å²) in [4.78, 5) is 2.63. The van der Waals surface area contributed by atoms with Crippen LogP contribution in [0, 0.1) is 0 Å². The second-order valence-electron chi connectivity index (χ2n) is 4.58. The minimum atomic E-state index is -0.813. The Morgan fingerprint density at radius 2 is 1.07 bits per heavy atom. The molecule has 0 saturated heterocycles. The van der Waals surface area contributed by atoms with Gasteiger partial charge in [0, 0.05) is 0 Å². The molecule has 0 N–H and O–H groups in total. The number of halogens is 1. The van der Waals surface area contributed by atoms with Crippen molar-refractivity contribution in [3.8, 4) is 0 Å². The van der Waals surface area contributed by atoms with Gasteiger partial charge in [-0.2, -0.15) is 0 Å². The molecule has 0 saturated carbocycles. The molecular weight excluding hydrogens is 310 g/mol. The first-order valence-corrected chi connectivity index (χ1v) is 13.5. The number of unbranched alkanes of at least 4 members (excludes halogenated alkanes) is 6. The molecule has 0 unspecified atom stereocenters. The maximum absolute atomic E-state index is 2.63. The van der Waals surface area contributed by atoms with Crippen molar-refractivity contribution >= 4 is 19.8 Å². The van der Waals surface area contributed by atoms with Crippen molar-refractivity contribution in [2.75, 3.05) is 0 Å². The van der Waals surface area contributed by atoms with E-state index < -0.39 is 19.8 Å². The van der Waals surface area contributed by atoms with Gasteiger partial charge in [-0.15, -0.1) is 0 Å². The van der Waals surface area contributed by atoms with E-state index >= 15 is 0 Å². The van der Waals surface area contributed by atoms with Crippen molar-refractivity contribution in [2.45, 2.75) is 79.0 Å². The van der Waals surface area contributed by atoms with E-state index in [0.717, 1.165) is 0 Å². The smallest absolute Gasteiger partial charge is 1.00 e. The predicted octanol–water partition coefficient (Wildman–Crippen LogP) is 2.28.